The fourth-order valence-electron chi connectivity index (χ4n) is 1.69. The minimum absolute atomic E-state index is 0.0603. The molecule has 0 fully saturated rings. The topological polar surface area (TPSA) is 24.9 Å². The minimum atomic E-state index is -0.778. The van der Waals surface area contributed by atoms with Gasteiger partial charge in [0.15, 0.2) is 11.6 Å². The van der Waals surface area contributed by atoms with Gasteiger partial charge in [-0.25, -0.2) is 18.2 Å². The van der Waals surface area contributed by atoms with Crippen LogP contribution in [-0.4, -0.2) is 4.98 Å². The van der Waals surface area contributed by atoms with E-state index in [2.05, 4.69) is 10.3 Å². The van der Waals surface area contributed by atoms with Gasteiger partial charge in [0.05, 0.1) is 12.2 Å². The van der Waals surface area contributed by atoms with E-state index >= 15 is 0 Å². The molecule has 2 rings (SSSR count). The number of hydrogen-bond donors (Lipinski definition) is 1. The van der Waals surface area contributed by atoms with E-state index in [0.29, 0.717) is 11.1 Å². The fraction of sp³-hybridized carbons (Fsp3) is 0.214. The number of anilines is 1. The zero-order valence-electron chi connectivity index (χ0n) is 10.5. The normalized spacial score (nSPS) is 12.3. The highest BCUT2D eigenvalue weighted by atomic mass is 19.1. The molecule has 2 aromatic rings. The fourth-order valence-corrected chi connectivity index (χ4v) is 1.69. The van der Waals surface area contributed by atoms with E-state index in [1.807, 2.05) is 0 Å². The summed E-state index contributed by atoms with van der Waals surface area (Å²) in [5.41, 5.74) is 1.20. The van der Waals surface area contributed by atoms with Crippen LogP contribution in [0, 0.1) is 24.4 Å². The molecular weight excluding hydrogens is 253 g/mol. The van der Waals surface area contributed by atoms with E-state index in [-0.39, 0.29) is 17.7 Å². The molecule has 1 heterocycles. The summed E-state index contributed by atoms with van der Waals surface area (Å²) in [7, 11) is 0. The van der Waals surface area contributed by atoms with Crippen LogP contribution in [0.15, 0.2) is 30.5 Å². The van der Waals surface area contributed by atoms with E-state index in [0.717, 1.165) is 12.3 Å². The molecule has 1 aromatic heterocycles. The molecule has 0 radical (unpaired) electrons. The van der Waals surface area contributed by atoms with Crippen molar-refractivity contribution >= 4 is 5.82 Å². The number of nitrogens with zero attached hydrogens (tertiary/aromatic N) is 1. The zero-order chi connectivity index (χ0) is 14.0. The Morgan fingerprint density at radius 1 is 1.11 bits per heavy atom. The van der Waals surface area contributed by atoms with Gasteiger partial charge in [-0.15, -0.1) is 0 Å². The molecule has 1 aromatic carbocycles. The largest absolute Gasteiger partial charge is 0.361 e. The molecule has 0 aliphatic carbocycles. The van der Waals surface area contributed by atoms with Crippen LogP contribution < -0.4 is 5.32 Å². The summed E-state index contributed by atoms with van der Waals surface area (Å²) in [5, 5.41) is 2.78. The average molecular weight is 266 g/mol. The molecule has 5 heteroatoms. The third-order valence-corrected chi connectivity index (χ3v) is 2.86. The first-order valence-electron chi connectivity index (χ1n) is 5.81. The first-order chi connectivity index (χ1) is 8.97. The van der Waals surface area contributed by atoms with Gasteiger partial charge >= 0.3 is 0 Å². The summed E-state index contributed by atoms with van der Waals surface area (Å²) in [6, 6.07) is 5.18. The van der Waals surface area contributed by atoms with Crippen LogP contribution in [0.25, 0.3) is 0 Å². The Kier molecular flexibility index (Phi) is 3.74. The van der Waals surface area contributed by atoms with Crippen molar-refractivity contribution in [3.8, 4) is 0 Å². The second-order valence-electron chi connectivity index (χ2n) is 4.36. The number of rotatable bonds is 3. The van der Waals surface area contributed by atoms with Gasteiger partial charge in [0.25, 0.3) is 0 Å². The van der Waals surface area contributed by atoms with E-state index in [9.17, 15) is 13.2 Å². The lowest BCUT2D eigenvalue weighted by atomic mass is 10.1. The van der Waals surface area contributed by atoms with Crippen LogP contribution >= 0.6 is 0 Å². The Labute approximate surface area is 109 Å². The number of aromatic nitrogens is 1. The van der Waals surface area contributed by atoms with Gasteiger partial charge < -0.3 is 5.32 Å². The van der Waals surface area contributed by atoms with E-state index in [1.165, 1.54) is 6.07 Å². The van der Waals surface area contributed by atoms with Crippen molar-refractivity contribution in [2.75, 3.05) is 5.32 Å². The maximum Gasteiger partial charge on any atom is 0.168 e. The number of aryl methyl sites for hydroxylation is 1. The van der Waals surface area contributed by atoms with Crippen LogP contribution in [0.5, 0.6) is 0 Å². The Hall–Kier alpha value is -2.04. The zero-order valence-corrected chi connectivity index (χ0v) is 10.5. The summed E-state index contributed by atoms with van der Waals surface area (Å²) in [4.78, 5) is 3.63. The van der Waals surface area contributed by atoms with Gasteiger partial charge in [0, 0.05) is 6.07 Å². The molecular formula is C14H13F3N2. The lowest BCUT2D eigenvalue weighted by Gasteiger charge is -2.16. The highest BCUT2D eigenvalue weighted by molar-refractivity contribution is 5.40. The molecule has 0 aliphatic rings. The molecule has 1 unspecified atom stereocenters. The molecule has 0 amide bonds. The highest BCUT2D eigenvalue weighted by Crippen LogP contribution is 2.21. The van der Waals surface area contributed by atoms with Crippen LogP contribution in [0.4, 0.5) is 19.0 Å². The Morgan fingerprint density at radius 3 is 2.47 bits per heavy atom. The first kappa shape index (κ1) is 13.4. The first-order valence-corrected chi connectivity index (χ1v) is 5.81. The number of halogens is 3. The van der Waals surface area contributed by atoms with Gasteiger partial charge in [0.1, 0.15) is 11.6 Å². The van der Waals surface area contributed by atoms with Gasteiger partial charge in [-0.05, 0) is 31.0 Å². The summed E-state index contributed by atoms with van der Waals surface area (Å²) in [6.45, 7) is 3.41. The molecule has 0 saturated carbocycles. The third-order valence-electron chi connectivity index (χ3n) is 2.86. The number of pyridine rings is 1. The standard InChI is InChI=1S/C14H13F3N2/c1-8-3-4-10(5-12(8)16)9(2)19-14-13(17)6-11(15)7-18-14/h3-7,9H,1-2H3,(H,18,19). The van der Waals surface area contributed by atoms with Gasteiger partial charge in [-0.1, -0.05) is 12.1 Å². The average Bonchev–Trinajstić information content (AvgIpc) is 2.36. The third kappa shape index (κ3) is 3.05. The highest BCUT2D eigenvalue weighted by Gasteiger charge is 2.11. The number of benzene rings is 1. The van der Waals surface area contributed by atoms with Crippen LogP contribution in [-0.2, 0) is 0 Å². The molecule has 0 bridgehead atoms. The van der Waals surface area contributed by atoms with Crippen molar-refractivity contribution < 1.29 is 13.2 Å². The van der Waals surface area contributed by atoms with Crippen molar-refractivity contribution in [1.82, 2.24) is 4.98 Å². The van der Waals surface area contributed by atoms with Gasteiger partial charge in [-0.2, -0.15) is 0 Å². The summed E-state index contributed by atoms with van der Waals surface area (Å²) < 4.78 is 39.6. The number of hydrogen-bond acceptors (Lipinski definition) is 2. The van der Waals surface area contributed by atoms with E-state index < -0.39 is 11.6 Å². The second-order valence-corrected chi connectivity index (χ2v) is 4.36. The quantitative estimate of drug-likeness (QED) is 0.908. The van der Waals surface area contributed by atoms with Crippen molar-refractivity contribution in [2.45, 2.75) is 19.9 Å². The maximum atomic E-state index is 13.4. The molecule has 100 valence electrons. The van der Waals surface area contributed by atoms with E-state index in [4.69, 9.17) is 0 Å². The van der Waals surface area contributed by atoms with Gasteiger partial charge in [-0.3, -0.25) is 0 Å². The molecule has 1 N–H and O–H groups in total. The Balaban J connectivity index is 2.20. The molecule has 0 saturated heterocycles. The van der Waals surface area contributed by atoms with Crippen molar-refractivity contribution in [3.05, 3.63) is 59.0 Å². The van der Waals surface area contributed by atoms with Crippen molar-refractivity contribution in [3.63, 3.8) is 0 Å². The second kappa shape index (κ2) is 5.30. The SMILES string of the molecule is Cc1ccc(C(C)Nc2ncc(F)cc2F)cc1F. The lowest BCUT2D eigenvalue weighted by molar-refractivity contribution is 0.573. The predicted octanol–water partition coefficient (Wildman–Crippen LogP) is 3.98. The summed E-state index contributed by atoms with van der Waals surface area (Å²) >= 11 is 0. The Morgan fingerprint density at radius 2 is 1.84 bits per heavy atom. The van der Waals surface area contributed by atoms with Crippen LogP contribution in [0.1, 0.15) is 24.1 Å². The predicted molar refractivity (Wildman–Crippen MR) is 67.3 cm³/mol. The van der Waals surface area contributed by atoms with Gasteiger partial charge in [0.2, 0.25) is 0 Å². The van der Waals surface area contributed by atoms with Crippen LogP contribution in [0.2, 0.25) is 0 Å². The summed E-state index contributed by atoms with van der Waals surface area (Å²) in [6.07, 6.45) is 0.924. The molecule has 0 aliphatic heterocycles. The maximum absolute atomic E-state index is 13.4. The number of nitrogens with one attached hydrogen (secondary N) is 1. The monoisotopic (exact) mass is 266 g/mol. The molecule has 0 spiro atoms. The van der Waals surface area contributed by atoms with Crippen molar-refractivity contribution in [1.29, 1.82) is 0 Å². The molecule has 1 atom stereocenters. The molecule has 19 heavy (non-hydrogen) atoms. The minimum Gasteiger partial charge on any atom is -0.361 e. The smallest absolute Gasteiger partial charge is 0.168 e. The van der Waals surface area contributed by atoms with E-state index in [1.54, 1.807) is 26.0 Å². The lowest BCUT2D eigenvalue weighted by Crippen LogP contribution is -2.10. The Bertz CT molecular complexity index is 599. The summed E-state index contributed by atoms with van der Waals surface area (Å²) in [5.74, 6) is -1.90. The van der Waals surface area contributed by atoms with Crippen LogP contribution in [0.3, 0.4) is 0 Å². The van der Waals surface area contributed by atoms with Crippen molar-refractivity contribution in [2.24, 2.45) is 0 Å². The molecule has 2 nitrogen and oxygen atoms in total.